The fraction of sp³-hybridized carbons (Fsp3) is 0.400. The van der Waals surface area contributed by atoms with E-state index in [0.717, 1.165) is 22.1 Å². The maximum absolute atomic E-state index is 13.0. The highest BCUT2D eigenvalue weighted by Gasteiger charge is 2.33. The Balaban J connectivity index is 1.79. The van der Waals surface area contributed by atoms with Gasteiger partial charge in [-0.05, 0) is 44.2 Å². The fourth-order valence-corrected chi connectivity index (χ4v) is 3.75. The minimum atomic E-state index is -0.725. The molecule has 0 saturated carbocycles. The lowest BCUT2D eigenvalue weighted by molar-refractivity contribution is -0.127. The predicted octanol–water partition coefficient (Wildman–Crippen LogP) is 2.29. The molecule has 0 bridgehead atoms. The van der Waals surface area contributed by atoms with Crippen molar-refractivity contribution in [1.82, 2.24) is 15.3 Å². The summed E-state index contributed by atoms with van der Waals surface area (Å²) in [6, 6.07) is 7.28. The number of anilines is 1. The van der Waals surface area contributed by atoms with Crippen LogP contribution < -0.4 is 15.0 Å². The van der Waals surface area contributed by atoms with Gasteiger partial charge in [0, 0.05) is 24.9 Å². The number of ether oxygens (including phenoxy) is 1. The zero-order valence-electron chi connectivity index (χ0n) is 16.5. The number of likely N-dealkylation sites (N-methyl/N-ethyl adjacent to an activating group) is 1. The molecule has 0 aliphatic carbocycles. The molecule has 0 fully saturated rings. The third-order valence-corrected chi connectivity index (χ3v) is 5.33. The van der Waals surface area contributed by atoms with Crippen LogP contribution in [0.25, 0.3) is 0 Å². The van der Waals surface area contributed by atoms with Gasteiger partial charge in [0.1, 0.15) is 5.75 Å². The summed E-state index contributed by atoms with van der Waals surface area (Å²) in [6.45, 7) is 4.08. The zero-order valence-corrected chi connectivity index (χ0v) is 17.3. The number of benzene rings is 1. The molecule has 0 unspecified atom stereocenters. The lowest BCUT2D eigenvalue weighted by atomic mass is 10.1. The molecular weight excluding hydrogens is 376 g/mol. The molecule has 0 spiro atoms. The molecule has 0 saturated heterocycles. The second-order valence-corrected chi connectivity index (χ2v) is 7.33. The van der Waals surface area contributed by atoms with Gasteiger partial charge in [0.05, 0.1) is 12.2 Å². The Hall–Kier alpha value is -2.61. The third kappa shape index (κ3) is 4.11. The van der Waals surface area contributed by atoms with Gasteiger partial charge in [0.2, 0.25) is 5.91 Å². The topological polar surface area (TPSA) is 84.4 Å². The van der Waals surface area contributed by atoms with Crippen molar-refractivity contribution < 1.29 is 14.3 Å². The SMILES string of the molecule is CNC(=O)[C@H]1CN(C(=O)CCc2c(C)nc(SC)nc2C)c2ccccc2O1. The van der Waals surface area contributed by atoms with Gasteiger partial charge >= 0.3 is 0 Å². The van der Waals surface area contributed by atoms with Gasteiger partial charge in [-0.2, -0.15) is 0 Å². The number of carbonyl (C=O) groups excluding carboxylic acids is 2. The zero-order chi connectivity index (χ0) is 20.3. The van der Waals surface area contributed by atoms with Gasteiger partial charge in [-0.3, -0.25) is 9.59 Å². The van der Waals surface area contributed by atoms with Crippen LogP contribution in [0.15, 0.2) is 29.4 Å². The number of carbonyl (C=O) groups is 2. The minimum absolute atomic E-state index is 0.0580. The van der Waals surface area contributed by atoms with Crippen molar-refractivity contribution in [2.24, 2.45) is 0 Å². The molecule has 2 heterocycles. The molecule has 7 nitrogen and oxygen atoms in total. The molecule has 1 aromatic heterocycles. The first-order valence-corrected chi connectivity index (χ1v) is 10.3. The Morgan fingerprint density at radius 2 is 1.93 bits per heavy atom. The first-order chi connectivity index (χ1) is 13.4. The van der Waals surface area contributed by atoms with Crippen LogP contribution in [0.3, 0.4) is 0 Å². The van der Waals surface area contributed by atoms with Crippen molar-refractivity contribution in [2.75, 3.05) is 24.7 Å². The van der Waals surface area contributed by atoms with E-state index in [-0.39, 0.29) is 18.4 Å². The van der Waals surface area contributed by atoms with E-state index in [1.165, 1.54) is 11.8 Å². The second kappa shape index (κ2) is 8.60. The fourth-order valence-electron chi connectivity index (χ4n) is 3.30. The van der Waals surface area contributed by atoms with Crippen LogP contribution in [0.2, 0.25) is 0 Å². The van der Waals surface area contributed by atoms with Crippen molar-refractivity contribution in [3.63, 3.8) is 0 Å². The third-order valence-electron chi connectivity index (χ3n) is 4.79. The number of hydrogen-bond donors (Lipinski definition) is 1. The van der Waals surface area contributed by atoms with Crippen molar-refractivity contribution in [3.05, 3.63) is 41.2 Å². The Kier molecular flexibility index (Phi) is 6.18. The molecule has 28 heavy (non-hydrogen) atoms. The largest absolute Gasteiger partial charge is 0.477 e. The van der Waals surface area contributed by atoms with Crippen molar-refractivity contribution in [1.29, 1.82) is 0 Å². The highest BCUT2D eigenvalue weighted by atomic mass is 32.2. The molecule has 1 aliphatic heterocycles. The van der Waals surface area contributed by atoms with Crippen LogP contribution in [0.5, 0.6) is 5.75 Å². The highest BCUT2D eigenvalue weighted by Crippen LogP contribution is 2.33. The van der Waals surface area contributed by atoms with E-state index < -0.39 is 6.10 Å². The summed E-state index contributed by atoms with van der Waals surface area (Å²) in [5.74, 6) is 0.230. The summed E-state index contributed by atoms with van der Waals surface area (Å²) in [5.41, 5.74) is 3.48. The summed E-state index contributed by atoms with van der Waals surface area (Å²) >= 11 is 1.50. The lowest BCUT2D eigenvalue weighted by Gasteiger charge is -2.34. The van der Waals surface area contributed by atoms with Crippen LogP contribution in [0.4, 0.5) is 5.69 Å². The van der Waals surface area contributed by atoms with Crippen LogP contribution in [0.1, 0.15) is 23.4 Å². The Labute approximate surface area is 168 Å². The van der Waals surface area contributed by atoms with Gasteiger partial charge in [-0.25, -0.2) is 9.97 Å². The molecular formula is C20H24N4O3S. The maximum atomic E-state index is 13.0. The number of nitrogens with one attached hydrogen (secondary N) is 1. The molecule has 0 radical (unpaired) electrons. The molecule has 2 aromatic rings. The monoisotopic (exact) mass is 400 g/mol. The number of amides is 2. The quantitative estimate of drug-likeness (QED) is 0.612. The van der Waals surface area contributed by atoms with E-state index >= 15 is 0 Å². The first kappa shape index (κ1) is 20.1. The molecule has 3 rings (SSSR count). The van der Waals surface area contributed by atoms with Crippen LogP contribution in [-0.4, -0.2) is 47.7 Å². The van der Waals surface area contributed by atoms with Gasteiger partial charge in [-0.1, -0.05) is 23.9 Å². The van der Waals surface area contributed by atoms with Crippen molar-refractivity contribution in [2.45, 2.75) is 37.9 Å². The van der Waals surface area contributed by atoms with Crippen LogP contribution in [0, 0.1) is 13.8 Å². The smallest absolute Gasteiger partial charge is 0.262 e. The molecule has 1 aromatic carbocycles. The summed E-state index contributed by atoms with van der Waals surface area (Å²) in [4.78, 5) is 35.7. The van der Waals surface area contributed by atoms with E-state index in [0.29, 0.717) is 24.3 Å². The molecule has 2 amide bonds. The number of rotatable bonds is 5. The summed E-state index contributed by atoms with van der Waals surface area (Å²) < 4.78 is 5.76. The summed E-state index contributed by atoms with van der Waals surface area (Å²) in [6.07, 6.45) is 2.07. The van der Waals surface area contributed by atoms with Gasteiger partial charge in [0.15, 0.2) is 11.3 Å². The second-order valence-electron chi connectivity index (χ2n) is 6.55. The Bertz CT molecular complexity index is 880. The first-order valence-electron chi connectivity index (χ1n) is 9.10. The number of nitrogens with zero attached hydrogens (tertiary/aromatic N) is 3. The molecule has 1 aliphatic rings. The predicted molar refractivity (Wildman–Crippen MR) is 109 cm³/mol. The van der Waals surface area contributed by atoms with E-state index in [1.807, 2.05) is 38.3 Å². The van der Waals surface area contributed by atoms with Gasteiger partial charge in [0.25, 0.3) is 5.91 Å². The van der Waals surface area contributed by atoms with Crippen LogP contribution >= 0.6 is 11.8 Å². The van der Waals surface area contributed by atoms with Crippen molar-refractivity contribution in [3.8, 4) is 5.75 Å². The number of para-hydroxylation sites is 2. The van der Waals surface area contributed by atoms with E-state index in [2.05, 4.69) is 15.3 Å². The van der Waals surface area contributed by atoms with E-state index in [9.17, 15) is 9.59 Å². The summed E-state index contributed by atoms with van der Waals surface area (Å²) in [5, 5.41) is 3.32. The number of aromatic nitrogens is 2. The molecule has 1 N–H and O–H groups in total. The molecule has 8 heteroatoms. The molecule has 1 atom stereocenters. The van der Waals surface area contributed by atoms with Gasteiger partial charge < -0.3 is 15.0 Å². The number of thioether (sulfide) groups is 1. The van der Waals surface area contributed by atoms with Crippen molar-refractivity contribution >= 4 is 29.3 Å². The Morgan fingerprint density at radius 3 is 2.57 bits per heavy atom. The number of hydrogen-bond acceptors (Lipinski definition) is 6. The standard InChI is InChI=1S/C20H24N4O3S/c1-12-14(13(2)23-20(22-12)28-4)9-10-18(25)24-11-17(19(26)21-3)27-16-8-6-5-7-15(16)24/h5-8,17H,9-11H2,1-4H3,(H,21,26)/t17-/m1/s1. The maximum Gasteiger partial charge on any atom is 0.262 e. The summed E-state index contributed by atoms with van der Waals surface area (Å²) in [7, 11) is 1.56. The average Bonchev–Trinajstić information content (AvgIpc) is 2.71. The average molecular weight is 401 g/mol. The highest BCUT2D eigenvalue weighted by molar-refractivity contribution is 7.98. The normalized spacial score (nSPS) is 15.6. The number of aryl methyl sites for hydroxylation is 2. The van der Waals surface area contributed by atoms with Gasteiger partial charge in [-0.15, -0.1) is 0 Å². The molecule has 148 valence electrons. The lowest BCUT2D eigenvalue weighted by Crippen LogP contribution is -2.50. The van der Waals surface area contributed by atoms with E-state index in [4.69, 9.17) is 4.74 Å². The Morgan fingerprint density at radius 1 is 1.25 bits per heavy atom. The van der Waals surface area contributed by atoms with E-state index in [1.54, 1.807) is 18.0 Å². The number of fused-ring (bicyclic) bond motifs is 1. The minimum Gasteiger partial charge on any atom is -0.477 e. The van der Waals surface area contributed by atoms with Crippen LogP contribution in [-0.2, 0) is 16.0 Å².